The molecule has 1 aromatic rings. The first kappa shape index (κ1) is 12.2. The minimum atomic E-state index is -0.146. The van der Waals surface area contributed by atoms with Gasteiger partial charge in [-0.3, -0.25) is 4.79 Å². The predicted octanol–water partition coefficient (Wildman–Crippen LogP) is 1.46. The Balaban J connectivity index is 2.65. The molecule has 0 heterocycles. The zero-order chi connectivity index (χ0) is 11.3. The van der Waals surface area contributed by atoms with Gasteiger partial charge in [-0.1, -0.05) is 12.1 Å². The maximum absolute atomic E-state index is 11.7. The summed E-state index contributed by atoms with van der Waals surface area (Å²) in [6.45, 7) is 2.11. The summed E-state index contributed by atoms with van der Waals surface area (Å²) in [5.74, 6) is 4.77. The number of rotatable bonds is 4. The monoisotopic (exact) mass is 272 g/mol. The van der Waals surface area contributed by atoms with E-state index >= 15 is 0 Å². The summed E-state index contributed by atoms with van der Waals surface area (Å²) in [6.07, 6.45) is 0. The number of carbonyl (C=O) groups excluding carboxylic acids is 1. The van der Waals surface area contributed by atoms with Crippen LogP contribution in [0.25, 0.3) is 0 Å². The van der Waals surface area contributed by atoms with E-state index in [4.69, 9.17) is 5.90 Å². The molecule has 1 unspecified atom stereocenters. The van der Waals surface area contributed by atoms with Gasteiger partial charge >= 0.3 is 0 Å². The van der Waals surface area contributed by atoms with Crippen molar-refractivity contribution < 1.29 is 9.63 Å². The van der Waals surface area contributed by atoms with Gasteiger partial charge in [-0.2, -0.15) is 0 Å². The number of carbonyl (C=O) groups is 1. The molecule has 5 heteroatoms. The van der Waals surface area contributed by atoms with E-state index in [1.807, 2.05) is 25.1 Å². The van der Waals surface area contributed by atoms with E-state index in [1.54, 1.807) is 6.07 Å². The first-order valence-electron chi connectivity index (χ1n) is 4.52. The van der Waals surface area contributed by atoms with Crippen LogP contribution in [-0.4, -0.2) is 18.6 Å². The summed E-state index contributed by atoms with van der Waals surface area (Å²) in [5, 5.41) is 2.76. The fourth-order valence-electron chi connectivity index (χ4n) is 1.13. The Hall–Kier alpha value is -0.910. The topological polar surface area (TPSA) is 64.3 Å². The van der Waals surface area contributed by atoms with Gasteiger partial charge in [0.2, 0.25) is 0 Å². The summed E-state index contributed by atoms with van der Waals surface area (Å²) < 4.78 is 0.767. The van der Waals surface area contributed by atoms with Crippen molar-refractivity contribution in [3.63, 3.8) is 0 Å². The Morgan fingerprint density at radius 2 is 2.27 bits per heavy atom. The number of halogens is 1. The number of nitrogens with one attached hydrogen (secondary N) is 1. The van der Waals surface area contributed by atoms with Gasteiger partial charge in [-0.15, -0.1) is 0 Å². The highest BCUT2D eigenvalue weighted by molar-refractivity contribution is 9.10. The molecule has 0 aromatic heterocycles. The normalized spacial score (nSPS) is 12.2. The number of hydrogen-bond acceptors (Lipinski definition) is 3. The first-order chi connectivity index (χ1) is 7.15. The second kappa shape index (κ2) is 5.85. The second-order valence-electron chi connectivity index (χ2n) is 3.19. The summed E-state index contributed by atoms with van der Waals surface area (Å²) in [6, 6.07) is 7.11. The lowest BCUT2D eigenvalue weighted by molar-refractivity contribution is 0.0856. The van der Waals surface area contributed by atoms with Gasteiger partial charge in [0.05, 0.1) is 18.2 Å². The lowest BCUT2D eigenvalue weighted by Gasteiger charge is -2.12. The zero-order valence-corrected chi connectivity index (χ0v) is 9.95. The van der Waals surface area contributed by atoms with Crippen molar-refractivity contribution in [1.82, 2.24) is 5.32 Å². The van der Waals surface area contributed by atoms with E-state index in [-0.39, 0.29) is 18.6 Å². The number of hydrogen-bond donors (Lipinski definition) is 2. The van der Waals surface area contributed by atoms with Gasteiger partial charge in [0, 0.05) is 4.47 Å². The molecule has 1 atom stereocenters. The minimum Gasteiger partial charge on any atom is -0.347 e. The molecular formula is C10H13BrN2O2. The highest BCUT2D eigenvalue weighted by atomic mass is 79.9. The molecule has 82 valence electrons. The maximum atomic E-state index is 11.7. The van der Waals surface area contributed by atoms with E-state index in [9.17, 15) is 4.79 Å². The van der Waals surface area contributed by atoms with Gasteiger partial charge < -0.3 is 10.2 Å². The average molecular weight is 273 g/mol. The zero-order valence-electron chi connectivity index (χ0n) is 8.37. The van der Waals surface area contributed by atoms with Gasteiger partial charge in [0.25, 0.3) is 5.91 Å². The highest BCUT2D eigenvalue weighted by Gasteiger charge is 2.11. The molecule has 15 heavy (non-hydrogen) atoms. The molecule has 0 aliphatic rings. The maximum Gasteiger partial charge on any atom is 0.252 e. The third-order valence-corrected chi connectivity index (χ3v) is 2.53. The molecule has 0 bridgehead atoms. The predicted molar refractivity (Wildman–Crippen MR) is 61.2 cm³/mol. The van der Waals surface area contributed by atoms with Crippen LogP contribution in [0.15, 0.2) is 28.7 Å². The van der Waals surface area contributed by atoms with Crippen LogP contribution in [-0.2, 0) is 4.84 Å². The molecule has 0 saturated heterocycles. The van der Waals surface area contributed by atoms with E-state index < -0.39 is 0 Å². The van der Waals surface area contributed by atoms with Crippen molar-refractivity contribution >= 4 is 21.8 Å². The summed E-state index contributed by atoms with van der Waals surface area (Å²) in [7, 11) is 0. The summed E-state index contributed by atoms with van der Waals surface area (Å²) in [5.41, 5.74) is 0.598. The van der Waals surface area contributed by atoms with Crippen LogP contribution in [0.3, 0.4) is 0 Å². The quantitative estimate of drug-likeness (QED) is 0.816. The lowest BCUT2D eigenvalue weighted by atomic mass is 10.2. The molecule has 3 N–H and O–H groups in total. The smallest absolute Gasteiger partial charge is 0.252 e. The van der Waals surface area contributed by atoms with Crippen LogP contribution in [0, 0.1) is 0 Å². The largest absolute Gasteiger partial charge is 0.347 e. The van der Waals surface area contributed by atoms with Gasteiger partial charge in [0.1, 0.15) is 0 Å². The third-order valence-electron chi connectivity index (χ3n) is 1.84. The van der Waals surface area contributed by atoms with Gasteiger partial charge in [-0.05, 0) is 35.0 Å². The van der Waals surface area contributed by atoms with Crippen molar-refractivity contribution in [3.8, 4) is 0 Å². The van der Waals surface area contributed by atoms with Crippen LogP contribution < -0.4 is 11.2 Å². The van der Waals surface area contributed by atoms with E-state index in [2.05, 4.69) is 26.1 Å². The van der Waals surface area contributed by atoms with E-state index in [1.165, 1.54) is 0 Å². The van der Waals surface area contributed by atoms with Crippen LogP contribution in [0.4, 0.5) is 0 Å². The molecule has 1 aromatic carbocycles. The molecule has 0 aliphatic heterocycles. The third kappa shape index (κ3) is 3.62. The fourth-order valence-corrected chi connectivity index (χ4v) is 1.60. The van der Waals surface area contributed by atoms with Crippen molar-refractivity contribution in [3.05, 3.63) is 34.3 Å². The Morgan fingerprint density at radius 1 is 1.60 bits per heavy atom. The van der Waals surface area contributed by atoms with Crippen LogP contribution in [0.1, 0.15) is 17.3 Å². The number of nitrogens with two attached hydrogens (primary N) is 1. The first-order valence-corrected chi connectivity index (χ1v) is 5.31. The Bertz CT molecular complexity index is 344. The Labute approximate surface area is 96.9 Å². The Kier molecular flexibility index (Phi) is 4.74. The molecule has 0 fully saturated rings. The van der Waals surface area contributed by atoms with E-state index in [0.29, 0.717) is 5.56 Å². The van der Waals surface area contributed by atoms with Crippen LogP contribution >= 0.6 is 15.9 Å². The average Bonchev–Trinajstić information content (AvgIpc) is 2.18. The molecule has 4 nitrogen and oxygen atoms in total. The number of benzene rings is 1. The molecular weight excluding hydrogens is 260 g/mol. The van der Waals surface area contributed by atoms with Crippen molar-refractivity contribution in [1.29, 1.82) is 0 Å². The molecule has 1 amide bonds. The molecule has 0 spiro atoms. The highest BCUT2D eigenvalue weighted by Crippen LogP contribution is 2.15. The second-order valence-corrected chi connectivity index (χ2v) is 4.04. The van der Waals surface area contributed by atoms with Crippen LogP contribution in [0.2, 0.25) is 0 Å². The molecule has 0 aliphatic carbocycles. The van der Waals surface area contributed by atoms with Crippen LogP contribution in [0.5, 0.6) is 0 Å². The number of amides is 1. The summed E-state index contributed by atoms with van der Waals surface area (Å²) >= 11 is 3.31. The molecule has 0 saturated carbocycles. The summed E-state index contributed by atoms with van der Waals surface area (Å²) in [4.78, 5) is 16.2. The standard InChI is InChI=1S/C10H13BrN2O2/c1-7(6-15-12)13-10(14)8-4-2-3-5-9(8)11/h2-5,7H,6,12H2,1H3,(H,13,14). The van der Waals surface area contributed by atoms with Crippen molar-refractivity contribution in [2.24, 2.45) is 5.90 Å². The fraction of sp³-hybridized carbons (Fsp3) is 0.300. The lowest BCUT2D eigenvalue weighted by Crippen LogP contribution is -2.36. The SMILES string of the molecule is CC(CON)NC(=O)c1ccccc1Br. The minimum absolute atomic E-state index is 0.116. The van der Waals surface area contributed by atoms with Gasteiger partial charge in [-0.25, -0.2) is 5.90 Å². The van der Waals surface area contributed by atoms with Crippen molar-refractivity contribution in [2.45, 2.75) is 13.0 Å². The van der Waals surface area contributed by atoms with Gasteiger partial charge in [0.15, 0.2) is 0 Å². The van der Waals surface area contributed by atoms with Crippen molar-refractivity contribution in [2.75, 3.05) is 6.61 Å². The Morgan fingerprint density at radius 3 is 2.87 bits per heavy atom. The van der Waals surface area contributed by atoms with E-state index in [0.717, 1.165) is 4.47 Å². The molecule has 0 radical (unpaired) electrons. The molecule has 1 rings (SSSR count).